The van der Waals surface area contributed by atoms with Gasteiger partial charge >= 0.3 is 0 Å². The molecule has 1 aliphatic rings. The van der Waals surface area contributed by atoms with E-state index in [1.54, 1.807) is 4.57 Å². The van der Waals surface area contributed by atoms with E-state index in [0.29, 0.717) is 4.77 Å². The topological polar surface area (TPSA) is 41.0 Å². The number of aromatic nitrogens is 2. The van der Waals surface area contributed by atoms with E-state index in [4.69, 9.17) is 12.2 Å². The summed E-state index contributed by atoms with van der Waals surface area (Å²) < 4.78 is 3.09. The summed E-state index contributed by atoms with van der Waals surface area (Å²) in [6.45, 7) is 2.00. The average molecular weight is 281 g/mol. The molecule has 1 aliphatic heterocycles. The number of H-pyrrole nitrogens is 1. The summed E-state index contributed by atoms with van der Waals surface area (Å²) in [5, 5.41) is 1.93. The fourth-order valence-corrected chi connectivity index (χ4v) is 3.76. The predicted octanol–water partition coefficient (Wildman–Crippen LogP) is 2.39. The number of nitrogens with zero attached hydrogens (tertiary/aromatic N) is 2. The number of likely N-dealkylation sites (tertiary alicyclic amines) is 1. The van der Waals surface area contributed by atoms with E-state index in [9.17, 15) is 4.79 Å². The fraction of sp³-hybridized carbons (Fsp3) is 0.500. The highest BCUT2D eigenvalue weighted by Gasteiger charge is 2.21. The number of piperidine rings is 1. The van der Waals surface area contributed by atoms with E-state index in [0.717, 1.165) is 36.1 Å². The van der Waals surface area contributed by atoms with Gasteiger partial charge in [0.1, 0.15) is 4.70 Å². The van der Waals surface area contributed by atoms with Crippen molar-refractivity contribution in [1.82, 2.24) is 14.5 Å². The molecular formula is C12H15N3OS2. The number of aromatic amines is 1. The Balaban J connectivity index is 2.16. The molecule has 0 spiro atoms. The van der Waals surface area contributed by atoms with Gasteiger partial charge in [-0.05, 0) is 50.1 Å². The first-order chi connectivity index (χ1) is 8.66. The first-order valence-electron chi connectivity index (χ1n) is 6.07. The Hall–Kier alpha value is -0.980. The van der Waals surface area contributed by atoms with Crippen LogP contribution in [-0.4, -0.2) is 34.6 Å². The number of hydrogen-bond acceptors (Lipinski definition) is 4. The lowest BCUT2D eigenvalue weighted by Gasteiger charge is -2.30. The molecule has 0 radical (unpaired) electrons. The molecule has 3 rings (SSSR count). The molecule has 1 fully saturated rings. The van der Waals surface area contributed by atoms with E-state index in [2.05, 4.69) is 16.9 Å². The van der Waals surface area contributed by atoms with Crippen LogP contribution in [0.5, 0.6) is 0 Å². The Bertz CT molecular complexity index is 684. The molecule has 0 saturated carbocycles. The van der Waals surface area contributed by atoms with E-state index >= 15 is 0 Å². The van der Waals surface area contributed by atoms with E-state index in [1.807, 2.05) is 11.4 Å². The molecule has 0 bridgehead atoms. The molecule has 1 N–H and O–H groups in total. The lowest BCUT2D eigenvalue weighted by Crippen LogP contribution is -2.38. The third kappa shape index (κ3) is 1.94. The highest BCUT2D eigenvalue weighted by Crippen LogP contribution is 2.21. The SMILES string of the molecule is CN1CCCC(n2c(=S)[nH]c3ccsc3c2=O)C1. The predicted molar refractivity (Wildman–Crippen MR) is 77.0 cm³/mol. The molecule has 6 heteroatoms. The third-order valence-electron chi connectivity index (χ3n) is 3.50. The van der Waals surface area contributed by atoms with Crippen molar-refractivity contribution in [2.45, 2.75) is 18.9 Å². The van der Waals surface area contributed by atoms with Gasteiger partial charge in [0, 0.05) is 6.54 Å². The Morgan fingerprint density at radius 3 is 3.17 bits per heavy atom. The maximum Gasteiger partial charge on any atom is 0.272 e. The van der Waals surface area contributed by atoms with Crippen molar-refractivity contribution < 1.29 is 0 Å². The Kier molecular flexibility index (Phi) is 3.09. The van der Waals surface area contributed by atoms with Crippen molar-refractivity contribution in [3.8, 4) is 0 Å². The quantitative estimate of drug-likeness (QED) is 0.816. The van der Waals surface area contributed by atoms with Crippen molar-refractivity contribution in [2.24, 2.45) is 0 Å². The average Bonchev–Trinajstić information content (AvgIpc) is 2.77. The zero-order valence-electron chi connectivity index (χ0n) is 10.2. The van der Waals surface area contributed by atoms with Crippen LogP contribution in [0.25, 0.3) is 10.2 Å². The van der Waals surface area contributed by atoms with Gasteiger partial charge in [0.05, 0.1) is 11.6 Å². The second kappa shape index (κ2) is 4.60. The lowest BCUT2D eigenvalue weighted by molar-refractivity contribution is 0.208. The first kappa shape index (κ1) is 12.1. The maximum absolute atomic E-state index is 12.5. The van der Waals surface area contributed by atoms with Gasteiger partial charge in [0.25, 0.3) is 5.56 Å². The van der Waals surface area contributed by atoms with Crippen LogP contribution >= 0.6 is 23.6 Å². The largest absolute Gasteiger partial charge is 0.331 e. The summed E-state index contributed by atoms with van der Waals surface area (Å²) in [4.78, 5) is 17.9. The van der Waals surface area contributed by atoms with Crippen molar-refractivity contribution in [1.29, 1.82) is 0 Å². The Morgan fingerprint density at radius 2 is 2.39 bits per heavy atom. The van der Waals surface area contributed by atoms with Crippen LogP contribution in [0.15, 0.2) is 16.2 Å². The monoisotopic (exact) mass is 281 g/mol. The maximum atomic E-state index is 12.5. The highest BCUT2D eigenvalue weighted by atomic mass is 32.1. The number of nitrogens with one attached hydrogen (secondary N) is 1. The summed E-state index contributed by atoms with van der Waals surface area (Å²) >= 11 is 6.82. The molecule has 18 heavy (non-hydrogen) atoms. The Morgan fingerprint density at radius 1 is 1.56 bits per heavy atom. The molecule has 1 saturated heterocycles. The molecular weight excluding hydrogens is 266 g/mol. The number of hydrogen-bond donors (Lipinski definition) is 1. The normalized spacial score (nSPS) is 21.5. The van der Waals surface area contributed by atoms with Gasteiger partial charge in [-0.25, -0.2) is 0 Å². The molecule has 0 aliphatic carbocycles. The number of rotatable bonds is 1. The third-order valence-corrected chi connectivity index (χ3v) is 4.70. The van der Waals surface area contributed by atoms with Crippen molar-refractivity contribution in [3.05, 3.63) is 26.6 Å². The van der Waals surface area contributed by atoms with Crippen LogP contribution < -0.4 is 5.56 Å². The van der Waals surface area contributed by atoms with E-state index in [1.165, 1.54) is 11.3 Å². The summed E-state index contributed by atoms with van der Waals surface area (Å²) in [6.07, 6.45) is 2.14. The minimum absolute atomic E-state index is 0.0593. The van der Waals surface area contributed by atoms with Gasteiger partial charge in [-0.3, -0.25) is 9.36 Å². The summed E-state index contributed by atoms with van der Waals surface area (Å²) in [5.74, 6) is 0. The van der Waals surface area contributed by atoms with Crippen LogP contribution in [0.4, 0.5) is 0 Å². The zero-order chi connectivity index (χ0) is 12.7. The standard InChI is InChI=1S/C12H15N3OS2/c1-14-5-2-3-8(7-14)15-11(16)10-9(4-6-18-10)13-12(15)17/h4,6,8H,2-3,5,7H2,1H3,(H,13,17). The zero-order valence-corrected chi connectivity index (χ0v) is 11.8. The fourth-order valence-electron chi connectivity index (χ4n) is 2.63. The van der Waals surface area contributed by atoms with Gasteiger partial charge in [-0.15, -0.1) is 11.3 Å². The number of fused-ring (bicyclic) bond motifs is 1. The molecule has 2 aromatic heterocycles. The van der Waals surface area contributed by atoms with Crippen LogP contribution in [-0.2, 0) is 0 Å². The molecule has 4 nitrogen and oxygen atoms in total. The second-order valence-corrected chi connectivity index (χ2v) is 6.13. The molecule has 3 heterocycles. The van der Waals surface area contributed by atoms with Crippen molar-refractivity contribution in [3.63, 3.8) is 0 Å². The van der Waals surface area contributed by atoms with Crippen molar-refractivity contribution in [2.75, 3.05) is 20.1 Å². The molecule has 1 unspecified atom stereocenters. The Labute approximate surface area is 114 Å². The van der Waals surface area contributed by atoms with Gasteiger partial charge in [-0.1, -0.05) is 0 Å². The summed E-state index contributed by atoms with van der Waals surface area (Å²) in [5.41, 5.74) is 0.916. The molecule has 2 aromatic rings. The summed E-state index contributed by atoms with van der Waals surface area (Å²) in [6, 6.07) is 2.11. The molecule has 0 amide bonds. The molecule has 1 atom stereocenters. The summed E-state index contributed by atoms with van der Waals surface area (Å²) in [7, 11) is 2.09. The van der Waals surface area contributed by atoms with Crippen molar-refractivity contribution >= 4 is 33.8 Å². The van der Waals surface area contributed by atoms with Crippen LogP contribution in [0.2, 0.25) is 0 Å². The first-order valence-corrected chi connectivity index (χ1v) is 7.36. The smallest absolute Gasteiger partial charge is 0.272 e. The minimum atomic E-state index is 0.0593. The number of likely N-dealkylation sites (N-methyl/N-ethyl adjacent to an activating group) is 1. The number of thiophene rings is 1. The minimum Gasteiger partial charge on any atom is -0.331 e. The molecule has 96 valence electrons. The van der Waals surface area contributed by atoms with Gasteiger partial charge in [-0.2, -0.15) is 0 Å². The molecule has 0 aromatic carbocycles. The van der Waals surface area contributed by atoms with Crippen LogP contribution in [0, 0.1) is 4.77 Å². The van der Waals surface area contributed by atoms with Gasteiger partial charge in [0.2, 0.25) is 0 Å². The van der Waals surface area contributed by atoms with E-state index in [-0.39, 0.29) is 11.6 Å². The second-order valence-electron chi connectivity index (χ2n) is 4.83. The van der Waals surface area contributed by atoms with Gasteiger partial charge in [0.15, 0.2) is 4.77 Å². The van der Waals surface area contributed by atoms with E-state index < -0.39 is 0 Å². The highest BCUT2D eigenvalue weighted by molar-refractivity contribution is 7.71. The van der Waals surface area contributed by atoms with Crippen LogP contribution in [0.3, 0.4) is 0 Å². The van der Waals surface area contributed by atoms with Gasteiger partial charge < -0.3 is 9.88 Å². The lowest BCUT2D eigenvalue weighted by atomic mass is 10.1. The van der Waals surface area contributed by atoms with Crippen LogP contribution in [0.1, 0.15) is 18.9 Å².